The van der Waals surface area contributed by atoms with Crippen LogP contribution in [0.25, 0.3) is 6.08 Å². The third-order valence-electron chi connectivity index (χ3n) is 4.07. The van der Waals surface area contributed by atoms with Gasteiger partial charge in [0.25, 0.3) is 0 Å². The van der Waals surface area contributed by atoms with Crippen molar-refractivity contribution >= 4 is 34.9 Å². The van der Waals surface area contributed by atoms with Crippen LogP contribution < -0.4 is 9.47 Å². The lowest BCUT2D eigenvalue weighted by Crippen LogP contribution is -2.10. The van der Waals surface area contributed by atoms with Crippen molar-refractivity contribution in [3.05, 3.63) is 85.5 Å². The maximum atomic E-state index is 12.2. The summed E-state index contributed by atoms with van der Waals surface area (Å²) in [6.07, 6.45) is 6.03. The summed E-state index contributed by atoms with van der Waals surface area (Å²) in [6.45, 7) is 7.69. The first-order chi connectivity index (χ1) is 16.5. The molecule has 0 bridgehead atoms. The van der Waals surface area contributed by atoms with Gasteiger partial charge in [0.05, 0.1) is 13.2 Å². The fourth-order valence-corrected chi connectivity index (χ4v) is 3.08. The molecule has 0 aliphatic rings. The zero-order valence-corrected chi connectivity index (χ0v) is 19.5. The van der Waals surface area contributed by atoms with Gasteiger partial charge in [-0.05, 0) is 59.8 Å². The minimum absolute atomic E-state index is 0.112. The number of ether oxygens (including phenoxy) is 4. The molecule has 8 heteroatoms. The molecule has 0 spiro atoms. The molecule has 0 N–H and O–H groups in total. The number of hydrogen-bond donors (Lipinski definition) is 0. The van der Waals surface area contributed by atoms with Gasteiger partial charge in [0, 0.05) is 23.5 Å². The average Bonchev–Trinajstić information content (AvgIpc) is 2.86. The maximum Gasteiger partial charge on any atom is 0.330 e. The molecule has 0 fully saturated rings. The second-order valence-corrected chi connectivity index (χ2v) is 7.67. The van der Waals surface area contributed by atoms with Crippen LogP contribution in [-0.4, -0.2) is 43.5 Å². The van der Waals surface area contributed by atoms with E-state index in [2.05, 4.69) is 13.2 Å². The van der Waals surface area contributed by atoms with Crippen LogP contribution >= 0.6 is 11.8 Å². The predicted octanol–water partition coefficient (Wildman–Crippen LogP) is 4.62. The minimum atomic E-state index is -0.494. The van der Waals surface area contributed by atoms with Crippen LogP contribution in [0.5, 0.6) is 11.5 Å². The summed E-state index contributed by atoms with van der Waals surface area (Å²) < 4.78 is 20.8. The lowest BCUT2D eigenvalue weighted by atomic mass is 10.2. The lowest BCUT2D eigenvalue weighted by molar-refractivity contribution is -0.139. The summed E-state index contributed by atoms with van der Waals surface area (Å²) in [6, 6.07) is 14.4. The fourth-order valence-electron chi connectivity index (χ4n) is 2.43. The van der Waals surface area contributed by atoms with Crippen molar-refractivity contribution < 1.29 is 33.3 Å². The zero-order chi connectivity index (χ0) is 24.6. The average molecular weight is 483 g/mol. The normalized spacial score (nSPS) is 10.4. The summed E-state index contributed by atoms with van der Waals surface area (Å²) in [5, 5.41) is -0.112. The van der Waals surface area contributed by atoms with Gasteiger partial charge < -0.3 is 18.9 Å². The highest BCUT2D eigenvalue weighted by molar-refractivity contribution is 8.14. The highest BCUT2D eigenvalue weighted by Crippen LogP contribution is 2.23. The second kappa shape index (κ2) is 15.1. The number of benzene rings is 2. The number of carbonyl (C=O) groups excluding carboxylic acids is 3. The molecule has 0 aromatic heterocycles. The van der Waals surface area contributed by atoms with Gasteiger partial charge in [-0.1, -0.05) is 31.4 Å². The van der Waals surface area contributed by atoms with Gasteiger partial charge in [0.1, 0.15) is 24.7 Å². The quantitative estimate of drug-likeness (QED) is 0.167. The molecule has 0 amide bonds. The lowest BCUT2D eigenvalue weighted by Gasteiger charge is -2.07. The molecule has 2 rings (SSSR count). The fraction of sp³-hybridized carbons (Fsp3) is 0.192. The molecule has 2 aromatic rings. The van der Waals surface area contributed by atoms with E-state index in [-0.39, 0.29) is 24.9 Å². The molecule has 0 aliphatic carbocycles. The van der Waals surface area contributed by atoms with Crippen molar-refractivity contribution in [1.29, 1.82) is 0 Å². The highest BCUT2D eigenvalue weighted by Gasteiger charge is 2.03. The van der Waals surface area contributed by atoms with Gasteiger partial charge in [-0.3, -0.25) is 4.79 Å². The summed E-state index contributed by atoms with van der Waals surface area (Å²) in [5.41, 5.74) is 0.863. The van der Waals surface area contributed by atoms with E-state index in [1.54, 1.807) is 30.3 Å². The molecule has 0 heterocycles. The third kappa shape index (κ3) is 10.7. The smallest absolute Gasteiger partial charge is 0.330 e. The first kappa shape index (κ1) is 26.5. The summed E-state index contributed by atoms with van der Waals surface area (Å²) >= 11 is 1.10. The molecule has 34 heavy (non-hydrogen) atoms. The molecule has 2 aromatic carbocycles. The Labute approximate surface area is 203 Å². The van der Waals surface area contributed by atoms with Crippen LogP contribution in [0.4, 0.5) is 0 Å². The molecular formula is C26H26O7S. The van der Waals surface area contributed by atoms with Gasteiger partial charge in [-0.25, -0.2) is 9.59 Å². The first-order valence-corrected chi connectivity index (χ1v) is 11.3. The Kier molecular flexibility index (Phi) is 11.8. The van der Waals surface area contributed by atoms with Gasteiger partial charge in [-0.2, -0.15) is 0 Å². The molecule has 0 saturated heterocycles. The molecule has 0 aliphatic heterocycles. The highest BCUT2D eigenvalue weighted by atomic mass is 32.2. The van der Waals surface area contributed by atoms with Crippen LogP contribution in [0.1, 0.15) is 12.0 Å². The van der Waals surface area contributed by atoms with Crippen LogP contribution in [0.3, 0.4) is 0 Å². The Morgan fingerprint density at radius 1 is 0.735 bits per heavy atom. The van der Waals surface area contributed by atoms with Crippen LogP contribution in [-0.2, 0) is 23.9 Å². The SMILES string of the molecule is C=CC(=O)OCCCOc1ccc(/C=C/C(=O)Sc2ccc(OCCOC(=O)C=C)cc2)cc1. The molecular weight excluding hydrogens is 456 g/mol. The Bertz CT molecular complexity index is 995. The van der Waals surface area contributed by atoms with E-state index in [4.69, 9.17) is 18.9 Å². The van der Waals surface area contributed by atoms with Crippen molar-refractivity contribution in [1.82, 2.24) is 0 Å². The van der Waals surface area contributed by atoms with Crippen LogP contribution in [0.2, 0.25) is 0 Å². The van der Waals surface area contributed by atoms with Crippen molar-refractivity contribution in [2.45, 2.75) is 11.3 Å². The molecule has 0 atom stereocenters. The van der Waals surface area contributed by atoms with Crippen molar-refractivity contribution in [2.24, 2.45) is 0 Å². The summed E-state index contributed by atoms with van der Waals surface area (Å²) in [7, 11) is 0. The Morgan fingerprint density at radius 3 is 1.91 bits per heavy atom. The molecule has 7 nitrogen and oxygen atoms in total. The summed E-state index contributed by atoms with van der Waals surface area (Å²) in [5.74, 6) is 0.360. The van der Waals surface area contributed by atoms with E-state index < -0.39 is 11.9 Å². The van der Waals surface area contributed by atoms with E-state index >= 15 is 0 Å². The Balaban J connectivity index is 1.70. The zero-order valence-electron chi connectivity index (χ0n) is 18.6. The van der Waals surface area contributed by atoms with Gasteiger partial charge in [0.2, 0.25) is 5.12 Å². The number of hydrogen-bond acceptors (Lipinski definition) is 8. The van der Waals surface area contributed by atoms with Crippen molar-refractivity contribution in [2.75, 3.05) is 26.4 Å². The first-order valence-electron chi connectivity index (χ1n) is 10.4. The molecule has 0 radical (unpaired) electrons. The van der Waals surface area contributed by atoms with Crippen molar-refractivity contribution in [3.8, 4) is 11.5 Å². The standard InChI is InChI=1S/C26H26O7S/c1-3-24(27)32-17-5-16-30-21-9-6-20(7-10-21)8-15-26(29)34-23-13-11-22(12-14-23)31-18-19-33-25(28)4-2/h3-4,6-15H,1-2,5,16-19H2/b15-8+. The van der Waals surface area contributed by atoms with E-state index in [0.29, 0.717) is 24.5 Å². The van der Waals surface area contributed by atoms with Gasteiger partial charge in [0.15, 0.2) is 0 Å². The number of rotatable bonds is 14. The third-order valence-corrected chi connectivity index (χ3v) is 4.91. The monoisotopic (exact) mass is 482 g/mol. The van der Waals surface area contributed by atoms with Gasteiger partial charge >= 0.3 is 11.9 Å². The van der Waals surface area contributed by atoms with E-state index in [0.717, 1.165) is 34.4 Å². The minimum Gasteiger partial charge on any atom is -0.493 e. The summed E-state index contributed by atoms with van der Waals surface area (Å²) in [4.78, 5) is 34.9. The van der Waals surface area contributed by atoms with Gasteiger partial charge in [-0.15, -0.1) is 0 Å². The Hall–Kier alpha value is -3.78. The van der Waals surface area contributed by atoms with E-state index in [1.165, 1.54) is 6.08 Å². The Morgan fingerprint density at radius 2 is 1.29 bits per heavy atom. The molecule has 0 saturated carbocycles. The van der Waals surface area contributed by atoms with E-state index in [9.17, 15) is 14.4 Å². The van der Waals surface area contributed by atoms with Crippen molar-refractivity contribution in [3.63, 3.8) is 0 Å². The maximum absolute atomic E-state index is 12.2. The number of thioether (sulfide) groups is 1. The van der Waals surface area contributed by atoms with Crippen LogP contribution in [0, 0.1) is 0 Å². The number of esters is 2. The van der Waals surface area contributed by atoms with E-state index in [1.807, 2.05) is 24.3 Å². The second-order valence-electron chi connectivity index (χ2n) is 6.59. The van der Waals surface area contributed by atoms with Crippen LogP contribution in [0.15, 0.2) is 84.8 Å². The topological polar surface area (TPSA) is 88.1 Å². The number of carbonyl (C=O) groups is 3. The largest absolute Gasteiger partial charge is 0.493 e. The predicted molar refractivity (Wildman–Crippen MR) is 131 cm³/mol. The molecule has 0 unspecified atom stereocenters. The molecule has 178 valence electrons.